The average molecular weight is 398 g/mol. The van der Waals surface area contributed by atoms with Gasteiger partial charge in [0, 0.05) is 21.8 Å². The quantitative estimate of drug-likeness (QED) is 0.578. The van der Waals surface area contributed by atoms with Crippen molar-refractivity contribution in [3.63, 3.8) is 0 Å². The van der Waals surface area contributed by atoms with Gasteiger partial charge in [-0.25, -0.2) is 8.78 Å². The normalized spacial score (nSPS) is 10.4. The third-order valence-corrected chi connectivity index (χ3v) is 4.74. The first-order valence-electron chi connectivity index (χ1n) is 8.35. The molecule has 3 aromatic carbocycles. The molecule has 0 heterocycles. The van der Waals surface area contributed by atoms with Gasteiger partial charge in [0.05, 0.1) is 5.75 Å². The maximum atomic E-state index is 13.6. The molecule has 0 atom stereocenters. The average Bonchev–Trinajstić information content (AvgIpc) is 2.67. The molecule has 0 bridgehead atoms. The Morgan fingerprint density at radius 1 is 0.821 bits per heavy atom. The summed E-state index contributed by atoms with van der Waals surface area (Å²) in [5.74, 6) is -1.55. The van der Waals surface area contributed by atoms with E-state index in [1.54, 1.807) is 42.5 Å². The Kier molecular flexibility index (Phi) is 6.39. The van der Waals surface area contributed by atoms with Crippen molar-refractivity contribution in [1.29, 1.82) is 0 Å². The topological polar surface area (TPSA) is 58.2 Å². The first kappa shape index (κ1) is 19.6. The van der Waals surface area contributed by atoms with Crippen LogP contribution in [-0.2, 0) is 4.79 Å². The summed E-state index contributed by atoms with van der Waals surface area (Å²) >= 11 is 1.09. The second-order valence-corrected chi connectivity index (χ2v) is 6.83. The Balaban J connectivity index is 1.60. The summed E-state index contributed by atoms with van der Waals surface area (Å²) in [6.07, 6.45) is 0. The zero-order valence-corrected chi connectivity index (χ0v) is 15.4. The van der Waals surface area contributed by atoms with Crippen LogP contribution in [0, 0.1) is 11.6 Å². The molecule has 3 rings (SSSR count). The number of hydrogen-bond acceptors (Lipinski definition) is 3. The van der Waals surface area contributed by atoms with Crippen LogP contribution < -0.4 is 10.6 Å². The highest BCUT2D eigenvalue weighted by Gasteiger charge is 2.10. The monoisotopic (exact) mass is 398 g/mol. The highest BCUT2D eigenvalue weighted by molar-refractivity contribution is 8.00. The fraction of sp³-hybridized carbons (Fsp3) is 0.0476. The largest absolute Gasteiger partial charge is 0.325 e. The van der Waals surface area contributed by atoms with Crippen LogP contribution in [0.1, 0.15) is 10.4 Å². The molecule has 0 radical (unpaired) electrons. The lowest BCUT2D eigenvalue weighted by Crippen LogP contribution is -2.16. The van der Waals surface area contributed by atoms with Crippen LogP contribution >= 0.6 is 11.8 Å². The molecular weight excluding hydrogens is 382 g/mol. The number of benzene rings is 3. The summed E-state index contributed by atoms with van der Waals surface area (Å²) in [7, 11) is 0. The lowest BCUT2D eigenvalue weighted by Gasteiger charge is -2.09. The Bertz CT molecular complexity index is 1010. The van der Waals surface area contributed by atoms with Crippen LogP contribution in [-0.4, -0.2) is 17.6 Å². The number of rotatable bonds is 6. The maximum absolute atomic E-state index is 13.6. The van der Waals surface area contributed by atoms with Crippen LogP contribution in [0.15, 0.2) is 77.7 Å². The summed E-state index contributed by atoms with van der Waals surface area (Å²) in [4.78, 5) is 24.8. The van der Waals surface area contributed by atoms with Crippen molar-refractivity contribution < 1.29 is 18.4 Å². The number of nitrogens with one attached hydrogen (secondary N) is 2. The summed E-state index contributed by atoms with van der Waals surface area (Å²) in [5.41, 5.74) is 1.08. The van der Waals surface area contributed by atoms with Crippen molar-refractivity contribution in [2.24, 2.45) is 0 Å². The molecule has 0 aliphatic heterocycles. The maximum Gasteiger partial charge on any atom is 0.255 e. The van der Waals surface area contributed by atoms with Crippen molar-refractivity contribution in [2.75, 3.05) is 16.4 Å². The molecule has 0 aromatic heterocycles. The number of hydrogen-bond donors (Lipinski definition) is 2. The van der Waals surface area contributed by atoms with E-state index in [0.29, 0.717) is 21.8 Å². The first-order valence-corrected chi connectivity index (χ1v) is 9.34. The Morgan fingerprint density at radius 3 is 2.29 bits per heavy atom. The van der Waals surface area contributed by atoms with Crippen molar-refractivity contribution in [3.8, 4) is 0 Å². The van der Waals surface area contributed by atoms with E-state index in [1.165, 1.54) is 30.3 Å². The van der Waals surface area contributed by atoms with E-state index in [0.717, 1.165) is 11.8 Å². The van der Waals surface area contributed by atoms with Crippen LogP contribution in [0.3, 0.4) is 0 Å². The second-order valence-electron chi connectivity index (χ2n) is 5.81. The molecule has 0 saturated heterocycles. The van der Waals surface area contributed by atoms with Crippen LogP contribution in [0.5, 0.6) is 0 Å². The van der Waals surface area contributed by atoms with Crippen LogP contribution in [0.4, 0.5) is 20.2 Å². The molecule has 0 unspecified atom stereocenters. The molecule has 2 N–H and O–H groups in total. The van der Waals surface area contributed by atoms with E-state index >= 15 is 0 Å². The highest BCUT2D eigenvalue weighted by atomic mass is 32.2. The molecule has 142 valence electrons. The van der Waals surface area contributed by atoms with Gasteiger partial charge in [-0.1, -0.05) is 24.3 Å². The van der Waals surface area contributed by atoms with E-state index in [4.69, 9.17) is 0 Å². The molecule has 4 nitrogen and oxygen atoms in total. The van der Waals surface area contributed by atoms with Gasteiger partial charge in [-0.3, -0.25) is 9.59 Å². The summed E-state index contributed by atoms with van der Waals surface area (Å²) < 4.78 is 26.8. The molecule has 0 saturated carbocycles. The van der Waals surface area contributed by atoms with Crippen molar-refractivity contribution >= 4 is 35.0 Å². The SMILES string of the molecule is O=C(CSc1ccccc1F)Nc1cccc(C(=O)Nc2cccc(F)c2)c1. The molecule has 0 spiro atoms. The summed E-state index contributed by atoms with van der Waals surface area (Å²) in [6.45, 7) is 0. The second kappa shape index (κ2) is 9.14. The molecule has 0 aliphatic carbocycles. The Hall–Kier alpha value is -3.19. The smallest absolute Gasteiger partial charge is 0.255 e. The van der Waals surface area contributed by atoms with Gasteiger partial charge in [0.25, 0.3) is 5.91 Å². The third-order valence-electron chi connectivity index (χ3n) is 3.69. The van der Waals surface area contributed by atoms with Crippen molar-refractivity contribution in [1.82, 2.24) is 0 Å². The van der Waals surface area contributed by atoms with Gasteiger partial charge < -0.3 is 10.6 Å². The number of thioether (sulfide) groups is 1. The van der Waals surface area contributed by atoms with Gasteiger partial charge in [0.1, 0.15) is 11.6 Å². The van der Waals surface area contributed by atoms with E-state index in [2.05, 4.69) is 10.6 Å². The number of anilines is 2. The molecule has 0 aliphatic rings. The van der Waals surface area contributed by atoms with Crippen LogP contribution in [0.2, 0.25) is 0 Å². The minimum Gasteiger partial charge on any atom is -0.325 e. The number of carbonyl (C=O) groups excluding carboxylic acids is 2. The summed E-state index contributed by atoms with van der Waals surface area (Å²) in [5, 5.41) is 5.27. The molecule has 0 fully saturated rings. The molecule has 2 amide bonds. The third kappa shape index (κ3) is 5.40. The van der Waals surface area contributed by atoms with Gasteiger partial charge in [0.2, 0.25) is 5.91 Å². The predicted molar refractivity (Wildman–Crippen MR) is 107 cm³/mol. The van der Waals surface area contributed by atoms with Gasteiger partial charge >= 0.3 is 0 Å². The highest BCUT2D eigenvalue weighted by Crippen LogP contribution is 2.21. The number of carbonyl (C=O) groups is 2. The van der Waals surface area contributed by atoms with E-state index < -0.39 is 11.7 Å². The summed E-state index contributed by atoms with van der Waals surface area (Å²) in [6, 6.07) is 18.1. The molecule has 7 heteroatoms. The van der Waals surface area contributed by atoms with Crippen LogP contribution in [0.25, 0.3) is 0 Å². The lowest BCUT2D eigenvalue weighted by atomic mass is 10.2. The van der Waals surface area contributed by atoms with Gasteiger partial charge in [-0.05, 0) is 48.5 Å². The van der Waals surface area contributed by atoms with E-state index in [9.17, 15) is 18.4 Å². The van der Waals surface area contributed by atoms with Crippen molar-refractivity contribution in [3.05, 3.63) is 90.0 Å². The first-order chi connectivity index (χ1) is 13.5. The fourth-order valence-corrected chi connectivity index (χ4v) is 3.15. The van der Waals surface area contributed by atoms with Gasteiger partial charge in [0.15, 0.2) is 0 Å². The zero-order valence-electron chi connectivity index (χ0n) is 14.6. The minimum absolute atomic E-state index is 0.0284. The zero-order chi connectivity index (χ0) is 19.9. The van der Waals surface area contributed by atoms with Gasteiger partial charge in [-0.15, -0.1) is 11.8 Å². The molecule has 3 aromatic rings. The molecular formula is C21H16F2N2O2S. The van der Waals surface area contributed by atoms with E-state index in [1.807, 2.05) is 0 Å². The van der Waals surface area contributed by atoms with Gasteiger partial charge in [-0.2, -0.15) is 0 Å². The Morgan fingerprint density at radius 2 is 1.54 bits per heavy atom. The molecule has 28 heavy (non-hydrogen) atoms. The standard InChI is InChI=1S/C21H16F2N2O2S/c22-15-6-4-8-17(12-15)25-21(27)14-5-3-7-16(11-14)24-20(26)13-28-19-10-2-1-9-18(19)23/h1-12H,13H2,(H,24,26)(H,25,27). The Labute approximate surface area is 165 Å². The number of amides is 2. The fourth-order valence-electron chi connectivity index (χ4n) is 2.41. The minimum atomic E-state index is -0.453. The number of halogens is 2. The van der Waals surface area contributed by atoms with Crippen molar-refractivity contribution in [2.45, 2.75) is 4.90 Å². The lowest BCUT2D eigenvalue weighted by molar-refractivity contribution is -0.113. The van der Waals surface area contributed by atoms with E-state index in [-0.39, 0.29) is 17.5 Å². The predicted octanol–water partition coefficient (Wildman–Crippen LogP) is 4.95.